The number of hydrogen-bond acceptors (Lipinski definition) is 7. The molecule has 176 valence electrons. The first-order valence-corrected chi connectivity index (χ1v) is 12.7. The Labute approximate surface area is 204 Å². The van der Waals surface area contributed by atoms with Gasteiger partial charge in [0.2, 0.25) is 5.91 Å². The van der Waals surface area contributed by atoms with Crippen molar-refractivity contribution in [2.24, 2.45) is 0 Å². The summed E-state index contributed by atoms with van der Waals surface area (Å²) in [6.45, 7) is 2.08. The number of benzene rings is 2. The van der Waals surface area contributed by atoms with Crippen LogP contribution in [0.2, 0.25) is 0 Å². The van der Waals surface area contributed by atoms with E-state index in [-0.39, 0.29) is 18.1 Å². The number of aryl methyl sites for hydroxylation is 1. The normalized spacial score (nSPS) is 11.0. The van der Waals surface area contributed by atoms with Crippen LogP contribution in [0.15, 0.2) is 62.5 Å². The SMILES string of the molecule is CCc1ccc(-n2c(=O)c3sc(SC)nc3n(CC(=O)NCc3ccc(OC)cc3)c2=O)cc1. The molecule has 4 aromatic rings. The number of nitrogens with one attached hydrogen (secondary N) is 1. The van der Waals surface area contributed by atoms with Crippen molar-refractivity contribution < 1.29 is 9.53 Å². The molecule has 1 N–H and O–H groups in total. The van der Waals surface area contributed by atoms with Crippen molar-refractivity contribution in [2.75, 3.05) is 13.4 Å². The molecule has 2 heterocycles. The number of thiazole rings is 1. The number of amides is 1. The molecule has 0 spiro atoms. The fraction of sp³-hybridized carbons (Fsp3) is 0.250. The van der Waals surface area contributed by atoms with Crippen molar-refractivity contribution in [2.45, 2.75) is 30.8 Å². The molecule has 8 nitrogen and oxygen atoms in total. The summed E-state index contributed by atoms with van der Waals surface area (Å²) in [5, 5.41) is 2.83. The van der Waals surface area contributed by atoms with E-state index in [1.807, 2.05) is 49.6 Å². The van der Waals surface area contributed by atoms with E-state index >= 15 is 0 Å². The standard InChI is InChI=1S/C24H24N4O4S2/c1-4-15-5-9-17(10-6-15)28-22(30)20-21(26-23(33-3)34-20)27(24(28)31)14-19(29)25-13-16-7-11-18(32-2)12-8-16/h5-12H,4,13-14H2,1-3H3,(H,25,29). The van der Waals surface area contributed by atoms with Crippen molar-refractivity contribution in [1.82, 2.24) is 19.4 Å². The van der Waals surface area contributed by atoms with Gasteiger partial charge in [-0.2, -0.15) is 0 Å². The summed E-state index contributed by atoms with van der Waals surface area (Å²) in [5.41, 5.74) is 1.65. The number of carbonyl (C=O) groups excluding carboxylic acids is 1. The summed E-state index contributed by atoms with van der Waals surface area (Å²) in [4.78, 5) is 43.9. The molecule has 0 unspecified atom stereocenters. The van der Waals surface area contributed by atoms with Crippen molar-refractivity contribution >= 4 is 39.4 Å². The van der Waals surface area contributed by atoms with Gasteiger partial charge in [0.25, 0.3) is 5.56 Å². The number of ether oxygens (including phenoxy) is 1. The maximum atomic E-state index is 13.4. The van der Waals surface area contributed by atoms with Gasteiger partial charge in [0.05, 0.1) is 12.8 Å². The second-order valence-corrected chi connectivity index (χ2v) is 9.54. The average Bonchev–Trinajstić information content (AvgIpc) is 3.31. The molecule has 0 fully saturated rings. The Kier molecular flexibility index (Phi) is 7.18. The van der Waals surface area contributed by atoms with E-state index in [9.17, 15) is 14.4 Å². The van der Waals surface area contributed by atoms with E-state index in [1.165, 1.54) is 27.7 Å². The Balaban J connectivity index is 1.70. The molecule has 0 aliphatic rings. The molecule has 0 aliphatic carbocycles. The van der Waals surface area contributed by atoms with Gasteiger partial charge in [-0.25, -0.2) is 14.3 Å². The predicted octanol–water partition coefficient (Wildman–Crippen LogP) is 3.22. The van der Waals surface area contributed by atoms with Gasteiger partial charge < -0.3 is 10.1 Å². The molecule has 2 aromatic carbocycles. The van der Waals surface area contributed by atoms with E-state index < -0.39 is 11.2 Å². The first-order chi connectivity index (χ1) is 16.4. The summed E-state index contributed by atoms with van der Waals surface area (Å²) in [5.74, 6) is 0.371. The van der Waals surface area contributed by atoms with Crippen molar-refractivity contribution in [3.63, 3.8) is 0 Å². The van der Waals surface area contributed by atoms with Crippen LogP contribution in [-0.2, 0) is 24.3 Å². The van der Waals surface area contributed by atoms with Crippen LogP contribution in [-0.4, -0.2) is 33.4 Å². The first-order valence-electron chi connectivity index (χ1n) is 10.6. The molecule has 34 heavy (non-hydrogen) atoms. The minimum Gasteiger partial charge on any atom is -0.497 e. The molecular weight excluding hydrogens is 472 g/mol. The van der Waals surface area contributed by atoms with Crippen LogP contribution in [0.25, 0.3) is 16.0 Å². The molecule has 10 heteroatoms. The van der Waals surface area contributed by atoms with Gasteiger partial charge in [-0.3, -0.25) is 14.2 Å². The number of aromatic nitrogens is 3. The molecule has 0 saturated carbocycles. The lowest BCUT2D eigenvalue weighted by molar-refractivity contribution is -0.121. The maximum Gasteiger partial charge on any atom is 0.337 e. The topological polar surface area (TPSA) is 95.2 Å². The lowest BCUT2D eigenvalue weighted by Crippen LogP contribution is -2.41. The molecule has 0 saturated heterocycles. The smallest absolute Gasteiger partial charge is 0.337 e. The minimum absolute atomic E-state index is 0.227. The minimum atomic E-state index is -0.598. The molecule has 0 atom stereocenters. The number of hydrogen-bond donors (Lipinski definition) is 1. The number of fused-ring (bicyclic) bond motifs is 1. The summed E-state index contributed by atoms with van der Waals surface area (Å²) in [7, 11) is 1.59. The fourth-order valence-electron chi connectivity index (χ4n) is 3.50. The zero-order valence-corrected chi connectivity index (χ0v) is 20.7. The van der Waals surface area contributed by atoms with Crippen LogP contribution in [0.3, 0.4) is 0 Å². The van der Waals surface area contributed by atoms with Gasteiger partial charge in [-0.15, -0.1) is 11.3 Å². The number of rotatable bonds is 8. The quantitative estimate of drug-likeness (QED) is 0.377. The largest absolute Gasteiger partial charge is 0.497 e. The Bertz CT molecular complexity index is 1440. The zero-order valence-electron chi connectivity index (χ0n) is 19.0. The van der Waals surface area contributed by atoms with Gasteiger partial charge in [0, 0.05) is 6.54 Å². The lowest BCUT2D eigenvalue weighted by Gasteiger charge is -2.12. The average molecular weight is 497 g/mol. The Morgan fingerprint density at radius 2 is 1.76 bits per heavy atom. The second kappa shape index (κ2) is 10.3. The molecule has 0 radical (unpaired) electrons. The van der Waals surface area contributed by atoms with Crippen molar-refractivity contribution in [3.8, 4) is 11.4 Å². The lowest BCUT2D eigenvalue weighted by atomic mass is 10.1. The summed E-state index contributed by atoms with van der Waals surface area (Å²) in [6.07, 6.45) is 2.70. The fourth-order valence-corrected chi connectivity index (χ4v) is 4.99. The maximum absolute atomic E-state index is 13.4. The molecule has 0 aliphatic heterocycles. The van der Waals surface area contributed by atoms with Crippen LogP contribution >= 0.6 is 23.1 Å². The highest BCUT2D eigenvalue weighted by Crippen LogP contribution is 2.25. The third kappa shape index (κ3) is 4.78. The van der Waals surface area contributed by atoms with E-state index in [2.05, 4.69) is 10.3 Å². The monoisotopic (exact) mass is 496 g/mol. The molecule has 0 bridgehead atoms. The van der Waals surface area contributed by atoms with Crippen LogP contribution in [0.4, 0.5) is 0 Å². The van der Waals surface area contributed by atoms with Crippen molar-refractivity contribution in [1.29, 1.82) is 0 Å². The Hall–Kier alpha value is -3.37. The Morgan fingerprint density at radius 3 is 2.38 bits per heavy atom. The molecule has 1 amide bonds. The molecular formula is C24H24N4O4S2. The van der Waals surface area contributed by atoms with Crippen LogP contribution in [0, 0.1) is 0 Å². The molecule has 2 aromatic heterocycles. The van der Waals surface area contributed by atoms with E-state index in [0.29, 0.717) is 21.3 Å². The third-order valence-corrected chi connectivity index (χ3v) is 7.41. The summed E-state index contributed by atoms with van der Waals surface area (Å²) >= 11 is 2.61. The summed E-state index contributed by atoms with van der Waals surface area (Å²) < 4.78 is 8.52. The van der Waals surface area contributed by atoms with Gasteiger partial charge >= 0.3 is 5.69 Å². The molecule has 4 rings (SSSR count). The van der Waals surface area contributed by atoms with Gasteiger partial charge in [0.15, 0.2) is 9.99 Å². The second-order valence-electron chi connectivity index (χ2n) is 7.49. The van der Waals surface area contributed by atoms with Crippen LogP contribution in [0.5, 0.6) is 5.75 Å². The van der Waals surface area contributed by atoms with E-state index in [0.717, 1.165) is 27.9 Å². The highest BCUT2D eigenvalue weighted by atomic mass is 32.2. The highest BCUT2D eigenvalue weighted by Gasteiger charge is 2.20. The van der Waals surface area contributed by atoms with Gasteiger partial charge in [-0.05, 0) is 48.1 Å². The third-order valence-electron chi connectivity index (χ3n) is 5.39. The predicted molar refractivity (Wildman–Crippen MR) is 135 cm³/mol. The van der Waals surface area contributed by atoms with Crippen molar-refractivity contribution in [3.05, 3.63) is 80.5 Å². The summed E-state index contributed by atoms with van der Waals surface area (Å²) in [6, 6.07) is 14.6. The van der Waals surface area contributed by atoms with Gasteiger partial charge in [-0.1, -0.05) is 43.0 Å². The first kappa shape index (κ1) is 23.8. The number of thioether (sulfide) groups is 1. The number of methoxy groups -OCH3 is 1. The van der Waals surface area contributed by atoms with Crippen LogP contribution in [0.1, 0.15) is 18.1 Å². The highest BCUT2D eigenvalue weighted by molar-refractivity contribution is 8.00. The van der Waals surface area contributed by atoms with Crippen LogP contribution < -0.4 is 21.3 Å². The Morgan fingerprint density at radius 1 is 1.09 bits per heavy atom. The zero-order chi connectivity index (χ0) is 24.2. The van der Waals surface area contributed by atoms with E-state index in [1.54, 1.807) is 19.2 Å². The van der Waals surface area contributed by atoms with Gasteiger partial charge in [0.1, 0.15) is 17.0 Å². The number of nitrogens with zero attached hydrogens (tertiary/aromatic N) is 3. The van der Waals surface area contributed by atoms with E-state index in [4.69, 9.17) is 4.74 Å². The number of carbonyl (C=O) groups is 1.